The number of rotatable bonds is 6. The standard InChI is InChI=1S/C17H25N3O2S/c1-13(16(21)18-7-6-15-3-2-12-23-15)19-8-10-20(11-9-19)17(22)14-4-5-14/h2-3,12-14H,4-11H2,1H3,(H,18,21)/t13-/m1/s1. The molecule has 5 nitrogen and oxygen atoms in total. The van der Waals surface area contributed by atoms with Crippen molar-refractivity contribution >= 4 is 23.2 Å². The van der Waals surface area contributed by atoms with Gasteiger partial charge in [0, 0.05) is 43.5 Å². The van der Waals surface area contributed by atoms with Crippen LogP contribution in [0.3, 0.4) is 0 Å². The number of carbonyl (C=O) groups is 2. The second kappa shape index (κ2) is 7.45. The maximum atomic E-state index is 12.3. The molecule has 1 aromatic rings. The van der Waals surface area contributed by atoms with Crippen LogP contribution in [0.2, 0.25) is 0 Å². The van der Waals surface area contributed by atoms with E-state index in [1.54, 1.807) is 11.3 Å². The zero-order valence-corrected chi connectivity index (χ0v) is 14.5. The minimum absolute atomic E-state index is 0.0866. The Morgan fingerprint density at radius 1 is 1.30 bits per heavy atom. The minimum atomic E-state index is -0.128. The smallest absolute Gasteiger partial charge is 0.237 e. The minimum Gasteiger partial charge on any atom is -0.354 e. The summed E-state index contributed by atoms with van der Waals surface area (Å²) >= 11 is 1.72. The second-order valence-electron chi connectivity index (χ2n) is 6.43. The fourth-order valence-corrected chi connectivity index (χ4v) is 3.70. The molecular weight excluding hydrogens is 310 g/mol. The summed E-state index contributed by atoms with van der Waals surface area (Å²) in [6.07, 6.45) is 3.00. The second-order valence-corrected chi connectivity index (χ2v) is 7.46. The molecule has 2 heterocycles. The fraction of sp³-hybridized carbons (Fsp3) is 0.647. The topological polar surface area (TPSA) is 52.7 Å². The molecule has 1 saturated heterocycles. The predicted octanol–water partition coefficient (Wildman–Crippen LogP) is 1.35. The molecule has 0 radical (unpaired) electrons. The monoisotopic (exact) mass is 335 g/mol. The molecule has 1 aliphatic heterocycles. The Hall–Kier alpha value is -1.40. The summed E-state index contributed by atoms with van der Waals surface area (Å²) in [5.41, 5.74) is 0. The Bertz CT molecular complexity index is 534. The van der Waals surface area contributed by atoms with E-state index in [2.05, 4.69) is 21.7 Å². The van der Waals surface area contributed by atoms with E-state index in [0.29, 0.717) is 18.4 Å². The van der Waals surface area contributed by atoms with E-state index in [9.17, 15) is 9.59 Å². The first-order valence-electron chi connectivity index (χ1n) is 8.48. The molecule has 0 bridgehead atoms. The summed E-state index contributed by atoms with van der Waals surface area (Å²) < 4.78 is 0. The Morgan fingerprint density at radius 3 is 2.65 bits per heavy atom. The van der Waals surface area contributed by atoms with Crippen LogP contribution in [-0.2, 0) is 16.0 Å². The first-order valence-corrected chi connectivity index (χ1v) is 9.36. The Kier molecular flexibility index (Phi) is 5.33. The molecule has 1 saturated carbocycles. The largest absolute Gasteiger partial charge is 0.354 e. The molecule has 23 heavy (non-hydrogen) atoms. The summed E-state index contributed by atoms with van der Waals surface area (Å²) in [4.78, 5) is 29.8. The van der Waals surface area contributed by atoms with Crippen LogP contribution in [0.1, 0.15) is 24.6 Å². The highest BCUT2D eigenvalue weighted by Gasteiger charge is 2.35. The molecule has 3 rings (SSSR count). The van der Waals surface area contributed by atoms with Gasteiger partial charge in [0.1, 0.15) is 0 Å². The molecule has 1 aromatic heterocycles. The van der Waals surface area contributed by atoms with Crippen LogP contribution in [0.15, 0.2) is 17.5 Å². The van der Waals surface area contributed by atoms with E-state index in [4.69, 9.17) is 0 Å². The van der Waals surface area contributed by atoms with E-state index in [0.717, 1.165) is 45.4 Å². The molecule has 1 aliphatic carbocycles. The van der Waals surface area contributed by atoms with Crippen molar-refractivity contribution in [2.24, 2.45) is 5.92 Å². The molecule has 2 fully saturated rings. The number of hydrogen-bond acceptors (Lipinski definition) is 4. The molecule has 2 amide bonds. The summed E-state index contributed by atoms with van der Waals surface area (Å²) in [5, 5.41) is 5.08. The third-order valence-electron chi connectivity index (χ3n) is 4.73. The van der Waals surface area contributed by atoms with Crippen molar-refractivity contribution in [3.8, 4) is 0 Å². The van der Waals surface area contributed by atoms with Crippen molar-refractivity contribution in [1.29, 1.82) is 0 Å². The van der Waals surface area contributed by atoms with Gasteiger partial charge in [-0.3, -0.25) is 14.5 Å². The highest BCUT2D eigenvalue weighted by Crippen LogP contribution is 2.31. The lowest BCUT2D eigenvalue weighted by Gasteiger charge is -2.37. The van der Waals surface area contributed by atoms with Crippen LogP contribution >= 0.6 is 11.3 Å². The van der Waals surface area contributed by atoms with Gasteiger partial charge in [-0.25, -0.2) is 0 Å². The number of piperazine rings is 1. The Morgan fingerprint density at radius 2 is 2.04 bits per heavy atom. The number of carbonyl (C=O) groups excluding carboxylic acids is 2. The van der Waals surface area contributed by atoms with Crippen molar-refractivity contribution in [3.05, 3.63) is 22.4 Å². The molecule has 126 valence electrons. The van der Waals surface area contributed by atoms with Crippen LogP contribution in [0, 0.1) is 5.92 Å². The lowest BCUT2D eigenvalue weighted by atomic mass is 10.2. The Labute approximate surface area is 141 Å². The first-order chi connectivity index (χ1) is 11.1. The highest BCUT2D eigenvalue weighted by atomic mass is 32.1. The first kappa shape index (κ1) is 16.5. The van der Waals surface area contributed by atoms with E-state index in [1.807, 2.05) is 17.9 Å². The van der Waals surface area contributed by atoms with Crippen molar-refractivity contribution in [2.45, 2.75) is 32.2 Å². The summed E-state index contributed by atoms with van der Waals surface area (Å²) in [6.45, 7) is 5.73. The highest BCUT2D eigenvalue weighted by molar-refractivity contribution is 7.09. The lowest BCUT2D eigenvalue weighted by Crippen LogP contribution is -2.55. The zero-order chi connectivity index (χ0) is 16.2. The van der Waals surface area contributed by atoms with E-state index in [-0.39, 0.29) is 11.9 Å². The van der Waals surface area contributed by atoms with Crippen LogP contribution < -0.4 is 5.32 Å². The van der Waals surface area contributed by atoms with Gasteiger partial charge in [0.15, 0.2) is 0 Å². The van der Waals surface area contributed by atoms with Gasteiger partial charge >= 0.3 is 0 Å². The zero-order valence-electron chi connectivity index (χ0n) is 13.7. The number of hydrogen-bond donors (Lipinski definition) is 1. The van der Waals surface area contributed by atoms with Gasteiger partial charge in [0.05, 0.1) is 6.04 Å². The van der Waals surface area contributed by atoms with Crippen LogP contribution in [-0.4, -0.2) is 60.4 Å². The van der Waals surface area contributed by atoms with Crippen LogP contribution in [0.4, 0.5) is 0 Å². The number of amides is 2. The quantitative estimate of drug-likeness (QED) is 0.854. The van der Waals surface area contributed by atoms with Gasteiger partial charge in [-0.1, -0.05) is 6.07 Å². The molecule has 2 aliphatic rings. The third kappa shape index (κ3) is 4.32. The van der Waals surface area contributed by atoms with Gasteiger partial charge < -0.3 is 10.2 Å². The molecule has 6 heteroatoms. The fourth-order valence-electron chi connectivity index (χ4n) is 3.00. The summed E-state index contributed by atoms with van der Waals surface area (Å²) in [5.74, 6) is 0.695. The van der Waals surface area contributed by atoms with Crippen molar-refractivity contribution in [2.75, 3.05) is 32.7 Å². The van der Waals surface area contributed by atoms with Crippen LogP contribution in [0.25, 0.3) is 0 Å². The average molecular weight is 335 g/mol. The molecule has 0 spiro atoms. The van der Waals surface area contributed by atoms with E-state index in [1.165, 1.54) is 4.88 Å². The number of thiophene rings is 1. The maximum Gasteiger partial charge on any atom is 0.237 e. The molecule has 0 unspecified atom stereocenters. The van der Waals surface area contributed by atoms with E-state index < -0.39 is 0 Å². The number of nitrogens with one attached hydrogen (secondary N) is 1. The SMILES string of the molecule is C[C@H](C(=O)NCCc1cccs1)N1CCN(C(=O)C2CC2)CC1. The van der Waals surface area contributed by atoms with E-state index >= 15 is 0 Å². The van der Waals surface area contributed by atoms with Crippen molar-refractivity contribution in [3.63, 3.8) is 0 Å². The van der Waals surface area contributed by atoms with Crippen LogP contribution in [0.5, 0.6) is 0 Å². The maximum absolute atomic E-state index is 12.3. The van der Waals surface area contributed by atoms with Gasteiger partial charge in [0.2, 0.25) is 11.8 Å². The lowest BCUT2D eigenvalue weighted by molar-refractivity contribution is -0.135. The molecular formula is C17H25N3O2S. The molecule has 1 N–H and O–H groups in total. The van der Waals surface area contributed by atoms with Gasteiger partial charge in [-0.05, 0) is 37.6 Å². The van der Waals surface area contributed by atoms with Crippen molar-refractivity contribution in [1.82, 2.24) is 15.1 Å². The third-order valence-corrected chi connectivity index (χ3v) is 5.67. The normalized spacial score (nSPS) is 20.3. The van der Waals surface area contributed by atoms with Gasteiger partial charge in [-0.15, -0.1) is 11.3 Å². The summed E-state index contributed by atoms with van der Waals surface area (Å²) in [6, 6.07) is 4.00. The average Bonchev–Trinajstić information content (AvgIpc) is 3.30. The molecule has 1 atom stereocenters. The van der Waals surface area contributed by atoms with Gasteiger partial charge in [-0.2, -0.15) is 0 Å². The van der Waals surface area contributed by atoms with Gasteiger partial charge in [0.25, 0.3) is 0 Å². The predicted molar refractivity (Wildman–Crippen MR) is 91.4 cm³/mol. The Balaban J connectivity index is 1.38. The van der Waals surface area contributed by atoms with Crippen molar-refractivity contribution < 1.29 is 9.59 Å². The number of nitrogens with zero attached hydrogens (tertiary/aromatic N) is 2. The molecule has 0 aromatic carbocycles. The summed E-state index contributed by atoms with van der Waals surface area (Å²) in [7, 11) is 0.